The van der Waals surface area contributed by atoms with E-state index in [-0.39, 0.29) is 0 Å². The Morgan fingerprint density at radius 2 is 1.61 bits per heavy atom. The molecule has 1 aliphatic rings. The highest BCUT2D eigenvalue weighted by molar-refractivity contribution is 7.54. The summed E-state index contributed by atoms with van der Waals surface area (Å²) in [4.78, 5) is 50.1. The van der Waals surface area contributed by atoms with Gasteiger partial charge in [-0.2, -0.15) is 0 Å². The summed E-state index contributed by atoms with van der Waals surface area (Å²) in [6.07, 6.45) is -11.8. The Labute approximate surface area is 237 Å². The van der Waals surface area contributed by atoms with E-state index in [1.807, 2.05) is 0 Å². The van der Waals surface area contributed by atoms with Crippen molar-refractivity contribution >= 4 is 31.2 Å². The first-order valence-corrected chi connectivity index (χ1v) is 14.3. The normalized spacial score (nSPS) is 24.6. The summed E-state index contributed by atoms with van der Waals surface area (Å²) in [6.45, 7) is 7.10. The van der Waals surface area contributed by atoms with Gasteiger partial charge in [-0.25, -0.2) is 28.1 Å². The van der Waals surface area contributed by atoms with Gasteiger partial charge >= 0.3 is 25.3 Å². The van der Waals surface area contributed by atoms with Crippen molar-refractivity contribution in [1.82, 2.24) is 19.7 Å². The van der Waals surface area contributed by atoms with Gasteiger partial charge in [0.05, 0.1) is 18.8 Å². The van der Waals surface area contributed by atoms with Crippen LogP contribution in [0.1, 0.15) is 47.8 Å². The highest BCUT2D eigenvalue weighted by Crippen LogP contribution is 2.47. The van der Waals surface area contributed by atoms with Gasteiger partial charge in [0.15, 0.2) is 18.0 Å². The molecule has 1 saturated heterocycles. The van der Waals surface area contributed by atoms with Crippen LogP contribution >= 0.6 is 19.3 Å². The molecule has 0 radical (unpaired) electrons. The second kappa shape index (κ2) is 13.8. The van der Waals surface area contributed by atoms with Crippen LogP contribution in [-0.2, 0) is 32.9 Å². The molecule has 2 heterocycles. The van der Waals surface area contributed by atoms with Gasteiger partial charge in [-0.1, -0.05) is 11.6 Å². The summed E-state index contributed by atoms with van der Waals surface area (Å²) >= 11 is 5.67. The topological polar surface area (TPSA) is 187 Å². The number of hydrogen-bond donors (Lipinski definition) is 4. The van der Waals surface area contributed by atoms with E-state index in [1.54, 1.807) is 32.7 Å². The van der Waals surface area contributed by atoms with Crippen molar-refractivity contribution in [1.29, 1.82) is 0 Å². The van der Waals surface area contributed by atoms with Crippen LogP contribution in [0.25, 0.3) is 0 Å². The largest absolute Gasteiger partial charge is 0.462 e. The zero-order valence-corrected chi connectivity index (χ0v) is 24.6. The van der Waals surface area contributed by atoms with E-state index in [2.05, 4.69) is 10.2 Å². The molecule has 1 aromatic rings. The smallest absolute Gasteiger partial charge is 0.342 e. The Morgan fingerprint density at radius 1 is 1.12 bits per heavy atom. The Bertz CT molecular complexity index is 1230. The number of H-pyrrole nitrogens is 1. The maximum absolute atomic E-state index is 15.1. The molecule has 0 spiro atoms. The minimum atomic E-state index is -4.71. The summed E-state index contributed by atoms with van der Waals surface area (Å²) < 4.78 is 78.5. The van der Waals surface area contributed by atoms with Crippen molar-refractivity contribution in [2.45, 2.75) is 96.4 Å². The summed E-state index contributed by atoms with van der Waals surface area (Å²) in [6, 6.07) is -2.77. The Hall–Kier alpha value is -2.27. The zero-order valence-electron chi connectivity index (χ0n) is 22.9. The second-order valence-electron chi connectivity index (χ2n) is 9.79. The van der Waals surface area contributed by atoms with Gasteiger partial charge in [-0.05, 0) is 41.5 Å². The van der Waals surface area contributed by atoms with E-state index in [0.717, 1.165) is 0 Å². The van der Waals surface area contributed by atoms with Crippen LogP contribution in [-0.4, -0.2) is 81.8 Å². The number of hydrogen-bond acceptors (Lipinski definition) is 10. The molecular formula is C22H33ClF3N4O10P. The predicted molar refractivity (Wildman–Crippen MR) is 137 cm³/mol. The molecule has 6 atom stereocenters. The van der Waals surface area contributed by atoms with Crippen LogP contribution in [0.15, 0.2) is 15.8 Å². The summed E-state index contributed by atoms with van der Waals surface area (Å²) in [5, 5.41) is 14.4. The number of aliphatic hydroxyl groups is 1. The minimum absolute atomic E-state index is 0.353. The number of nitrogens with one attached hydrogen (secondary N) is 3. The molecule has 1 fully saturated rings. The molecule has 41 heavy (non-hydrogen) atoms. The van der Waals surface area contributed by atoms with E-state index in [1.165, 1.54) is 13.8 Å². The summed E-state index contributed by atoms with van der Waals surface area (Å²) in [5.74, 6) is -1.83. The number of aromatic amines is 1. The number of carbonyl (C=O) groups excluding carboxylic acids is 2. The number of aliphatic hydroxyl groups excluding tert-OH is 1. The van der Waals surface area contributed by atoms with Crippen LogP contribution in [0.2, 0.25) is 5.02 Å². The van der Waals surface area contributed by atoms with E-state index >= 15 is 4.39 Å². The Kier molecular flexibility index (Phi) is 11.8. The lowest BCUT2D eigenvalue weighted by Crippen LogP contribution is -2.53. The lowest BCUT2D eigenvalue weighted by Gasteiger charge is -2.33. The number of rotatable bonds is 13. The first-order chi connectivity index (χ1) is 18.8. The van der Waals surface area contributed by atoms with Gasteiger partial charge in [0.1, 0.15) is 23.2 Å². The zero-order chi connectivity index (χ0) is 31.4. The number of halogens is 4. The predicted octanol–water partition coefficient (Wildman–Crippen LogP) is 1.41. The molecule has 0 bridgehead atoms. The van der Waals surface area contributed by atoms with E-state index in [9.17, 15) is 37.6 Å². The lowest BCUT2D eigenvalue weighted by atomic mass is 9.97. The molecule has 4 N–H and O–H groups in total. The number of carbonyl (C=O) groups is 2. The Morgan fingerprint density at radius 3 is 2.05 bits per heavy atom. The Balaban J connectivity index is 2.42. The maximum atomic E-state index is 15.1. The van der Waals surface area contributed by atoms with Crippen molar-refractivity contribution in [2.24, 2.45) is 0 Å². The molecular weight excluding hydrogens is 604 g/mol. The monoisotopic (exact) mass is 636 g/mol. The lowest BCUT2D eigenvalue weighted by molar-refractivity contribution is -0.192. The van der Waals surface area contributed by atoms with Gasteiger partial charge in [0, 0.05) is 6.20 Å². The van der Waals surface area contributed by atoms with Gasteiger partial charge in [-0.3, -0.25) is 28.5 Å². The molecule has 19 heteroatoms. The van der Waals surface area contributed by atoms with Crippen LogP contribution in [0.4, 0.5) is 13.2 Å². The van der Waals surface area contributed by atoms with Gasteiger partial charge in [0.2, 0.25) is 0 Å². The van der Waals surface area contributed by atoms with Crippen molar-refractivity contribution in [3.63, 3.8) is 0 Å². The molecule has 234 valence electrons. The molecule has 1 aliphatic heterocycles. The third kappa shape index (κ3) is 8.40. The van der Waals surface area contributed by atoms with Crippen molar-refractivity contribution < 1.29 is 51.2 Å². The number of aromatic nitrogens is 2. The van der Waals surface area contributed by atoms with E-state index in [0.29, 0.717) is 10.8 Å². The average molecular weight is 637 g/mol. The quantitative estimate of drug-likeness (QED) is 0.180. The summed E-state index contributed by atoms with van der Waals surface area (Å²) in [7, 11) is -4.71. The minimum Gasteiger partial charge on any atom is -0.462 e. The SMILES string of the molecule is CC(C)OC(=O)[C@H](C)NP(=O)(N[C@@H](C)C(=O)OC(C)C)OC[C@@]1(C(F)F)O[C@@H](n2cc(Cl)c(=O)[nH]c2=O)[C@H](F)[C@@H]1O. The van der Waals surface area contributed by atoms with Crippen LogP contribution in [0.3, 0.4) is 0 Å². The first-order valence-electron chi connectivity index (χ1n) is 12.3. The van der Waals surface area contributed by atoms with Gasteiger partial charge in [0.25, 0.3) is 12.0 Å². The second-order valence-corrected chi connectivity index (χ2v) is 12.1. The molecule has 0 aromatic carbocycles. The molecule has 2 rings (SSSR count). The number of alkyl halides is 3. The van der Waals surface area contributed by atoms with Gasteiger partial charge in [-0.15, -0.1) is 0 Å². The number of ether oxygens (including phenoxy) is 3. The number of esters is 2. The molecule has 14 nitrogen and oxygen atoms in total. The fourth-order valence-corrected chi connectivity index (χ4v) is 5.59. The fourth-order valence-electron chi connectivity index (χ4n) is 3.60. The van der Waals surface area contributed by atoms with E-state index < -0.39 is 97.3 Å². The van der Waals surface area contributed by atoms with E-state index in [4.69, 9.17) is 30.3 Å². The molecule has 0 amide bonds. The van der Waals surface area contributed by atoms with Crippen LogP contribution in [0, 0.1) is 0 Å². The number of nitrogens with zero attached hydrogens (tertiary/aromatic N) is 1. The molecule has 0 unspecified atom stereocenters. The first kappa shape index (κ1) is 34.9. The molecule has 0 aliphatic carbocycles. The summed E-state index contributed by atoms with van der Waals surface area (Å²) in [5.41, 5.74) is -5.55. The fraction of sp³-hybridized carbons (Fsp3) is 0.727. The van der Waals surface area contributed by atoms with Crippen molar-refractivity contribution in [3.8, 4) is 0 Å². The standard InChI is InChI=1S/C22H33ClF3N4O10P/c1-9(2)38-18(33)11(5)28-41(36,29-12(6)19(34)39-10(3)4)37-8-22(20(25)26)15(31)14(24)17(40-22)30-7-13(23)16(32)27-21(30)35/h7,9-12,14-15,17,20,31H,8H2,1-6H3,(H,27,32,35)(H2,28,29,36)/t11-,12-,14+,15-,17+,22+/m0/s1. The van der Waals surface area contributed by atoms with Crippen molar-refractivity contribution in [2.75, 3.05) is 6.61 Å². The molecule has 0 saturated carbocycles. The third-order valence-electron chi connectivity index (χ3n) is 5.59. The van der Waals surface area contributed by atoms with Crippen molar-refractivity contribution in [3.05, 3.63) is 32.1 Å². The highest BCUT2D eigenvalue weighted by Gasteiger charge is 2.62. The average Bonchev–Trinajstić information content (AvgIpc) is 3.10. The maximum Gasteiger partial charge on any atom is 0.342 e. The van der Waals surface area contributed by atoms with Gasteiger partial charge < -0.3 is 23.8 Å². The van der Waals surface area contributed by atoms with Crippen LogP contribution in [0.5, 0.6) is 0 Å². The molecule has 1 aromatic heterocycles. The third-order valence-corrected chi connectivity index (χ3v) is 7.81. The van der Waals surface area contributed by atoms with Crippen LogP contribution < -0.4 is 21.4 Å². The highest BCUT2D eigenvalue weighted by atomic mass is 35.5.